The van der Waals surface area contributed by atoms with E-state index in [9.17, 15) is 65.7 Å². The quantitative estimate of drug-likeness (QED) is 0.232. The topological polar surface area (TPSA) is 66.4 Å². The van der Waals surface area contributed by atoms with Gasteiger partial charge >= 0.3 is 65.6 Å². The van der Waals surface area contributed by atoms with Gasteiger partial charge in [-0.25, -0.2) is 17.2 Å². The first-order chi connectivity index (χ1) is 10.2. The van der Waals surface area contributed by atoms with Crippen molar-refractivity contribution in [1.29, 1.82) is 0 Å². The van der Waals surface area contributed by atoms with Gasteiger partial charge in [0.25, 0.3) is 0 Å². The fourth-order valence-electron chi connectivity index (χ4n) is 1.01. The maximum atomic E-state index is 12.9. The van der Waals surface area contributed by atoms with Crippen LogP contribution in [0.5, 0.6) is 0 Å². The number of halogens is 12. The Hall–Kier alpha value is 0.0300. The second kappa shape index (κ2) is 7.57. The molecule has 0 aromatic rings. The minimum Gasteiger partial charge on any atom is -0.726 e. The molecular formula is C7H3F12NaO4S. The van der Waals surface area contributed by atoms with Crippen molar-refractivity contribution in [3.05, 3.63) is 0 Å². The number of alkyl halides is 12. The van der Waals surface area contributed by atoms with Crippen molar-refractivity contribution < 1.29 is 99.4 Å². The van der Waals surface area contributed by atoms with Crippen LogP contribution in [0.3, 0.4) is 0 Å². The molecule has 0 bridgehead atoms. The van der Waals surface area contributed by atoms with Gasteiger partial charge in [-0.05, 0) is 0 Å². The average Bonchev–Trinajstić information content (AvgIpc) is 2.34. The molecule has 0 aliphatic rings. The van der Waals surface area contributed by atoms with Crippen LogP contribution in [-0.4, -0.2) is 55.6 Å². The molecule has 0 spiro atoms. The number of hydrogen-bond acceptors (Lipinski definition) is 4. The summed E-state index contributed by atoms with van der Waals surface area (Å²) in [5, 5.41) is 0. The van der Waals surface area contributed by atoms with Gasteiger partial charge in [-0.15, -0.1) is 0 Å². The summed E-state index contributed by atoms with van der Waals surface area (Å²) in [6, 6.07) is 0. The zero-order valence-corrected chi connectivity index (χ0v) is 14.2. The van der Waals surface area contributed by atoms with Gasteiger partial charge in [0.15, 0.2) is 0 Å². The molecule has 0 N–H and O–H groups in total. The predicted molar refractivity (Wildman–Crippen MR) is 46.4 cm³/mol. The molecule has 0 rings (SSSR count). The van der Waals surface area contributed by atoms with Crippen LogP contribution in [0.4, 0.5) is 52.7 Å². The van der Waals surface area contributed by atoms with Crippen molar-refractivity contribution in [2.45, 2.75) is 36.0 Å². The molecule has 18 heteroatoms. The molecule has 146 valence electrons. The van der Waals surface area contributed by atoms with Gasteiger partial charge < -0.3 is 4.55 Å². The van der Waals surface area contributed by atoms with Crippen molar-refractivity contribution >= 4 is 10.4 Å². The summed E-state index contributed by atoms with van der Waals surface area (Å²) in [5.74, 6) is -36.8. The Kier molecular flexibility index (Phi) is 8.25. The van der Waals surface area contributed by atoms with E-state index in [4.69, 9.17) is 0 Å². The molecule has 0 unspecified atom stereocenters. The summed E-state index contributed by atoms with van der Waals surface area (Å²) >= 11 is 0. The van der Waals surface area contributed by atoms with E-state index in [1.165, 1.54) is 0 Å². The summed E-state index contributed by atoms with van der Waals surface area (Å²) in [4.78, 5) is 0. The smallest absolute Gasteiger partial charge is 0.726 e. The average molecular weight is 434 g/mol. The van der Waals surface area contributed by atoms with Crippen molar-refractivity contribution in [1.82, 2.24) is 0 Å². The van der Waals surface area contributed by atoms with Gasteiger partial charge in [0.2, 0.25) is 10.4 Å². The third-order valence-electron chi connectivity index (χ3n) is 2.33. The first kappa shape index (κ1) is 27.3. The van der Waals surface area contributed by atoms with E-state index in [2.05, 4.69) is 4.18 Å². The monoisotopic (exact) mass is 434 g/mol. The molecule has 0 saturated heterocycles. The Labute approximate surface area is 152 Å². The molecule has 25 heavy (non-hydrogen) atoms. The Bertz CT molecular complexity index is 562. The van der Waals surface area contributed by atoms with Gasteiger partial charge in [-0.2, -0.15) is 43.9 Å². The molecule has 0 saturated carbocycles. The molecule has 0 aliphatic carbocycles. The molecule has 0 fully saturated rings. The van der Waals surface area contributed by atoms with Crippen LogP contribution in [0.1, 0.15) is 0 Å². The largest absolute Gasteiger partial charge is 1.00 e. The van der Waals surface area contributed by atoms with Gasteiger partial charge in [0, 0.05) is 0 Å². The fourth-order valence-corrected chi connectivity index (χ4v) is 1.30. The number of hydrogen-bond donors (Lipinski definition) is 0. The molecule has 0 heterocycles. The standard InChI is InChI=1S/C7H4F12O4S.Na/c8-2(9)4(12,13)6(16,17)7(18,19)5(14,15)3(10,11)1-23-24(20,21)22;/h2H,1H2,(H,20,21,22);/q;+1/p-1. The van der Waals surface area contributed by atoms with Crippen LogP contribution in [-0.2, 0) is 14.6 Å². The third-order valence-corrected chi connectivity index (χ3v) is 2.73. The van der Waals surface area contributed by atoms with Gasteiger partial charge in [0.05, 0.1) is 0 Å². The maximum Gasteiger partial charge on any atom is 1.00 e. The summed E-state index contributed by atoms with van der Waals surface area (Å²) in [6.07, 6.45) is -5.65. The van der Waals surface area contributed by atoms with E-state index in [1.807, 2.05) is 0 Å². The van der Waals surface area contributed by atoms with E-state index in [1.54, 1.807) is 0 Å². The SMILES string of the molecule is O=S(=O)([O-])OCC(F)(F)C(F)(F)C(F)(F)C(F)(F)C(F)(F)C(F)F.[Na+]. The van der Waals surface area contributed by atoms with Crippen molar-refractivity contribution in [2.75, 3.05) is 6.61 Å². The second-order valence-corrected chi connectivity index (χ2v) is 5.07. The van der Waals surface area contributed by atoms with Crippen LogP contribution < -0.4 is 29.6 Å². The predicted octanol–water partition coefficient (Wildman–Crippen LogP) is -0.0912. The zero-order chi connectivity index (χ0) is 20.0. The summed E-state index contributed by atoms with van der Waals surface area (Å²) < 4.78 is 183. The molecule has 0 aromatic carbocycles. The second-order valence-electron chi connectivity index (χ2n) is 4.02. The maximum absolute atomic E-state index is 12.9. The minimum absolute atomic E-state index is 0. The van der Waals surface area contributed by atoms with Crippen LogP contribution in [0.25, 0.3) is 0 Å². The zero-order valence-electron chi connectivity index (χ0n) is 11.4. The molecule has 4 nitrogen and oxygen atoms in total. The molecule has 0 aromatic heterocycles. The summed E-state index contributed by atoms with van der Waals surface area (Å²) in [7, 11) is -6.20. The molecule has 0 aliphatic heterocycles. The van der Waals surface area contributed by atoms with E-state index in [0.717, 1.165) is 0 Å². The van der Waals surface area contributed by atoms with E-state index >= 15 is 0 Å². The molecule has 0 radical (unpaired) electrons. The Morgan fingerprint density at radius 2 is 1.16 bits per heavy atom. The van der Waals surface area contributed by atoms with Crippen LogP contribution >= 0.6 is 0 Å². The summed E-state index contributed by atoms with van der Waals surface area (Å²) in [5.41, 5.74) is 0. The normalized spacial score (nSPS) is 15.3. The number of rotatable bonds is 8. The van der Waals surface area contributed by atoms with Crippen molar-refractivity contribution in [2.24, 2.45) is 0 Å². The third kappa shape index (κ3) is 4.85. The van der Waals surface area contributed by atoms with Gasteiger partial charge in [-0.3, -0.25) is 4.18 Å². The van der Waals surface area contributed by atoms with Crippen molar-refractivity contribution in [3.63, 3.8) is 0 Å². The Morgan fingerprint density at radius 1 is 0.800 bits per heavy atom. The molecule has 0 amide bonds. The van der Waals surface area contributed by atoms with Crippen LogP contribution in [0.2, 0.25) is 0 Å². The van der Waals surface area contributed by atoms with Crippen LogP contribution in [0, 0.1) is 0 Å². The first-order valence-electron chi connectivity index (χ1n) is 4.92. The molecular weight excluding hydrogens is 431 g/mol. The fraction of sp³-hybridized carbons (Fsp3) is 1.00. The first-order valence-corrected chi connectivity index (χ1v) is 6.26. The Morgan fingerprint density at radius 3 is 1.44 bits per heavy atom. The minimum atomic E-state index is -7.81. The van der Waals surface area contributed by atoms with Crippen LogP contribution in [0.15, 0.2) is 0 Å². The molecule has 0 atom stereocenters. The van der Waals surface area contributed by atoms with Gasteiger partial charge in [-0.1, -0.05) is 0 Å². The van der Waals surface area contributed by atoms with Gasteiger partial charge in [0.1, 0.15) is 6.61 Å². The van der Waals surface area contributed by atoms with Crippen molar-refractivity contribution in [3.8, 4) is 0 Å². The van der Waals surface area contributed by atoms with E-state index in [-0.39, 0.29) is 29.6 Å². The van der Waals surface area contributed by atoms with E-state index in [0.29, 0.717) is 0 Å². The summed E-state index contributed by atoms with van der Waals surface area (Å²) in [6.45, 7) is -3.45. The van der Waals surface area contributed by atoms with E-state index < -0.39 is 53.0 Å². The Balaban J connectivity index is 0.